The lowest BCUT2D eigenvalue weighted by Gasteiger charge is -2.07. The molecule has 1 rings (SSSR count). The number of rotatable bonds is 2. The molecule has 1 aliphatic rings. The summed E-state index contributed by atoms with van der Waals surface area (Å²) in [6, 6.07) is 0. The van der Waals surface area contributed by atoms with Crippen LogP contribution in [0, 0.1) is 0 Å². The third-order valence-electron chi connectivity index (χ3n) is 2.21. The topological polar surface area (TPSA) is 77.3 Å². The Morgan fingerprint density at radius 3 is 1.62 bits per heavy atom. The molecule has 1 aliphatic heterocycles. The smallest absolute Gasteiger partial charge is 0.354 e. The lowest BCUT2D eigenvalue weighted by Crippen LogP contribution is -2.20. The van der Waals surface area contributed by atoms with E-state index in [9.17, 15) is 9.59 Å². The van der Waals surface area contributed by atoms with Crippen molar-refractivity contribution in [3.8, 4) is 0 Å². The quantitative estimate of drug-likeness (QED) is 0.649. The fourth-order valence-corrected chi connectivity index (χ4v) is 1.33. The molecule has 0 aromatic carbocycles. The number of ether oxygens (including phenoxy) is 2. The lowest BCUT2D eigenvalue weighted by molar-refractivity contribution is -0.133. The van der Waals surface area contributed by atoms with E-state index in [4.69, 9.17) is 0 Å². The van der Waals surface area contributed by atoms with Gasteiger partial charge in [-0.25, -0.2) is 9.59 Å². The van der Waals surface area contributed by atoms with Crippen LogP contribution in [0.5, 0.6) is 0 Å². The largest absolute Gasteiger partial charge is 0.464 e. The summed E-state index contributed by atoms with van der Waals surface area (Å²) in [4.78, 5) is 22.5. The molecule has 0 aromatic heterocycles. The summed E-state index contributed by atoms with van der Waals surface area (Å²) in [6.45, 7) is 0. The fourth-order valence-electron chi connectivity index (χ4n) is 1.33. The molecule has 0 aliphatic carbocycles. The first-order valence-electron chi connectivity index (χ1n) is 4.99. The maximum atomic E-state index is 11.2. The van der Waals surface area contributed by atoms with Gasteiger partial charge < -0.3 is 9.47 Å². The van der Waals surface area contributed by atoms with Gasteiger partial charge >= 0.3 is 11.9 Å². The van der Waals surface area contributed by atoms with E-state index in [1.165, 1.54) is 14.2 Å². The SMILES string of the molecule is COC(=O)C1=NN=C(C(=O)OC)CCCC1. The van der Waals surface area contributed by atoms with Gasteiger partial charge in [0.05, 0.1) is 14.2 Å². The van der Waals surface area contributed by atoms with E-state index in [1.807, 2.05) is 0 Å². The van der Waals surface area contributed by atoms with Crippen molar-refractivity contribution in [2.75, 3.05) is 14.2 Å². The standard InChI is InChI=1S/C10H14N2O4/c1-15-9(13)7-5-3-4-6-8(12-11-7)10(14)16-2/h3-6H2,1-2H3. The van der Waals surface area contributed by atoms with Crippen LogP contribution in [0.2, 0.25) is 0 Å². The molecule has 88 valence electrons. The van der Waals surface area contributed by atoms with Crippen LogP contribution in [0.25, 0.3) is 0 Å². The number of nitrogens with zero attached hydrogens (tertiary/aromatic N) is 2. The molecular weight excluding hydrogens is 212 g/mol. The predicted molar refractivity (Wildman–Crippen MR) is 57.4 cm³/mol. The van der Waals surface area contributed by atoms with Gasteiger partial charge in [-0.05, 0) is 25.7 Å². The third kappa shape index (κ3) is 3.15. The summed E-state index contributed by atoms with van der Waals surface area (Å²) in [6.07, 6.45) is 2.57. The van der Waals surface area contributed by atoms with Gasteiger partial charge in [-0.1, -0.05) is 0 Å². The zero-order valence-corrected chi connectivity index (χ0v) is 9.36. The van der Waals surface area contributed by atoms with Crippen LogP contribution >= 0.6 is 0 Å². The molecule has 0 amide bonds. The van der Waals surface area contributed by atoms with Gasteiger partial charge in [0, 0.05) is 0 Å². The van der Waals surface area contributed by atoms with Crippen LogP contribution in [0.3, 0.4) is 0 Å². The zero-order valence-electron chi connectivity index (χ0n) is 9.36. The summed E-state index contributed by atoms with van der Waals surface area (Å²) in [5.41, 5.74) is 0.479. The van der Waals surface area contributed by atoms with Crippen LogP contribution in [0.4, 0.5) is 0 Å². The molecule has 0 bridgehead atoms. The highest BCUT2D eigenvalue weighted by molar-refractivity contribution is 6.38. The average molecular weight is 226 g/mol. The minimum Gasteiger partial charge on any atom is -0.464 e. The molecular formula is C10H14N2O4. The molecule has 0 aromatic rings. The molecule has 0 atom stereocenters. The van der Waals surface area contributed by atoms with Crippen molar-refractivity contribution in [2.45, 2.75) is 25.7 Å². The molecule has 0 fully saturated rings. The molecule has 16 heavy (non-hydrogen) atoms. The van der Waals surface area contributed by atoms with Crippen molar-refractivity contribution in [1.82, 2.24) is 0 Å². The molecule has 0 N–H and O–H groups in total. The van der Waals surface area contributed by atoms with E-state index >= 15 is 0 Å². The van der Waals surface area contributed by atoms with Crippen molar-refractivity contribution < 1.29 is 19.1 Å². The third-order valence-corrected chi connectivity index (χ3v) is 2.21. The molecule has 0 spiro atoms. The van der Waals surface area contributed by atoms with Crippen LogP contribution in [-0.2, 0) is 19.1 Å². The minimum atomic E-state index is -0.505. The van der Waals surface area contributed by atoms with Crippen molar-refractivity contribution in [3.05, 3.63) is 0 Å². The van der Waals surface area contributed by atoms with E-state index < -0.39 is 11.9 Å². The Kier molecular flexibility index (Phi) is 4.63. The van der Waals surface area contributed by atoms with E-state index in [0.717, 1.165) is 12.8 Å². The highest BCUT2D eigenvalue weighted by Gasteiger charge is 2.17. The van der Waals surface area contributed by atoms with Crippen molar-refractivity contribution in [1.29, 1.82) is 0 Å². The molecule has 6 heteroatoms. The van der Waals surface area contributed by atoms with Crippen LogP contribution in [0.1, 0.15) is 25.7 Å². The Balaban J connectivity index is 2.88. The predicted octanol–water partition coefficient (Wildman–Crippen LogP) is 0.703. The maximum absolute atomic E-state index is 11.2. The number of esters is 2. The van der Waals surface area contributed by atoms with Gasteiger partial charge in [-0.3, -0.25) is 0 Å². The Bertz CT molecular complexity index is 313. The van der Waals surface area contributed by atoms with E-state index in [-0.39, 0.29) is 11.4 Å². The van der Waals surface area contributed by atoms with Crippen molar-refractivity contribution in [3.63, 3.8) is 0 Å². The normalized spacial score (nSPS) is 16.4. The highest BCUT2D eigenvalue weighted by atomic mass is 16.5. The van der Waals surface area contributed by atoms with Crippen molar-refractivity contribution in [2.24, 2.45) is 10.2 Å². The Morgan fingerprint density at radius 2 is 1.31 bits per heavy atom. The summed E-state index contributed by atoms with van der Waals surface area (Å²) >= 11 is 0. The minimum absolute atomic E-state index is 0.239. The summed E-state index contributed by atoms with van der Waals surface area (Å²) in [5.74, 6) is -1.01. The highest BCUT2D eigenvalue weighted by Crippen LogP contribution is 2.09. The second-order valence-electron chi connectivity index (χ2n) is 3.28. The van der Waals surface area contributed by atoms with Gasteiger partial charge in [-0.2, -0.15) is 0 Å². The second kappa shape index (κ2) is 5.99. The van der Waals surface area contributed by atoms with E-state index in [0.29, 0.717) is 12.8 Å². The number of carbonyl (C=O) groups excluding carboxylic acids is 2. The Morgan fingerprint density at radius 1 is 0.938 bits per heavy atom. The molecule has 0 radical (unpaired) electrons. The number of methoxy groups -OCH3 is 2. The van der Waals surface area contributed by atoms with Gasteiger partial charge in [0.1, 0.15) is 11.4 Å². The first-order valence-corrected chi connectivity index (χ1v) is 4.99. The van der Waals surface area contributed by atoms with Gasteiger partial charge in [0.25, 0.3) is 0 Å². The molecule has 0 saturated carbocycles. The number of hydrogen-bond acceptors (Lipinski definition) is 6. The first-order chi connectivity index (χ1) is 7.69. The Hall–Kier alpha value is -1.72. The summed E-state index contributed by atoms with van der Waals surface area (Å²) in [5, 5.41) is 7.47. The zero-order chi connectivity index (χ0) is 12.0. The number of carbonyl (C=O) groups is 2. The monoisotopic (exact) mass is 226 g/mol. The summed E-state index contributed by atoms with van der Waals surface area (Å²) < 4.78 is 9.11. The van der Waals surface area contributed by atoms with Crippen molar-refractivity contribution >= 4 is 23.4 Å². The van der Waals surface area contributed by atoms with Gasteiger partial charge in [-0.15, -0.1) is 10.2 Å². The van der Waals surface area contributed by atoms with Crippen LogP contribution in [0.15, 0.2) is 10.2 Å². The molecule has 0 saturated heterocycles. The molecule has 6 nitrogen and oxygen atoms in total. The van der Waals surface area contributed by atoms with Crippen LogP contribution < -0.4 is 0 Å². The van der Waals surface area contributed by atoms with Gasteiger partial charge in [0.2, 0.25) is 0 Å². The Labute approximate surface area is 93.3 Å². The first kappa shape index (κ1) is 12.4. The van der Waals surface area contributed by atoms with Crippen LogP contribution in [-0.4, -0.2) is 37.6 Å². The number of hydrogen-bond donors (Lipinski definition) is 0. The van der Waals surface area contributed by atoms with E-state index in [2.05, 4.69) is 19.7 Å². The molecule has 0 unspecified atom stereocenters. The maximum Gasteiger partial charge on any atom is 0.354 e. The average Bonchev–Trinajstić information content (AvgIpc) is 2.27. The lowest BCUT2D eigenvalue weighted by atomic mass is 10.1. The second-order valence-corrected chi connectivity index (χ2v) is 3.28. The van der Waals surface area contributed by atoms with E-state index in [1.54, 1.807) is 0 Å². The molecule has 1 heterocycles. The fraction of sp³-hybridized carbons (Fsp3) is 0.600. The summed E-state index contributed by atoms with van der Waals surface area (Å²) in [7, 11) is 2.57. The van der Waals surface area contributed by atoms with Gasteiger partial charge in [0.15, 0.2) is 0 Å².